The molecule has 88 valence electrons. The van der Waals surface area contributed by atoms with E-state index in [0.29, 0.717) is 5.69 Å². The summed E-state index contributed by atoms with van der Waals surface area (Å²) < 4.78 is 5.51. The van der Waals surface area contributed by atoms with Crippen molar-refractivity contribution in [3.05, 3.63) is 24.3 Å². The Morgan fingerprint density at radius 2 is 2.06 bits per heavy atom. The molecular weight excluding hydrogens is 204 g/mol. The van der Waals surface area contributed by atoms with Crippen molar-refractivity contribution >= 4 is 11.6 Å². The number of carbonyl (C=O) groups is 1. The van der Waals surface area contributed by atoms with E-state index in [1.54, 1.807) is 19.1 Å². The molecule has 0 bridgehead atoms. The third kappa shape index (κ3) is 3.90. The molecular formula is C12H18N2O2. The molecule has 0 aromatic heterocycles. The smallest absolute Gasteiger partial charge is 0.241 e. The molecule has 1 aromatic rings. The van der Waals surface area contributed by atoms with Crippen molar-refractivity contribution in [2.45, 2.75) is 32.9 Å². The molecule has 1 amide bonds. The van der Waals surface area contributed by atoms with Crippen LogP contribution >= 0.6 is 0 Å². The topological polar surface area (TPSA) is 64.3 Å². The first-order valence-corrected chi connectivity index (χ1v) is 5.32. The van der Waals surface area contributed by atoms with E-state index in [-0.39, 0.29) is 12.0 Å². The van der Waals surface area contributed by atoms with E-state index >= 15 is 0 Å². The lowest BCUT2D eigenvalue weighted by molar-refractivity contribution is -0.117. The number of ether oxygens (including phenoxy) is 1. The number of amides is 1. The summed E-state index contributed by atoms with van der Waals surface area (Å²) in [6.07, 6.45) is 0.111. The monoisotopic (exact) mass is 222 g/mol. The van der Waals surface area contributed by atoms with Crippen LogP contribution in [-0.4, -0.2) is 18.1 Å². The minimum atomic E-state index is -0.519. The van der Waals surface area contributed by atoms with Crippen LogP contribution in [0.15, 0.2) is 24.3 Å². The molecule has 4 heteroatoms. The van der Waals surface area contributed by atoms with E-state index in [9.17, 15) is 4.79 Å². The third-order valence-electron chi connectivity index (χ3n) is 1.89. The van der Waals surface area contributed by atoms with Crippen molar-refractivity contribution in [2.75, 3.05) is 5.32 Å². The zero-order valence-corrected chi connectivity index (χ0v) is 9.86. The first-order valence-electron chi connectivity index (χ1n) is 5.32. The number of rotatable bonds is 4. The van der Waals surface area contributed by atoms with Crippen LogP contribution in [0.1, 0.15) is 20.8 Å². The van der Waals surface area contributed by atoms with Gasteiger partial charge in [-0.1, -0.05) is 6.07 Å². The van der Waals surface area contributed by atoms with E-state index in [4.69, 9.17) is 10.5 Å². The van der Waals surface area contributed by atoms with Gasteiger partial charge in [0.15, 0.2) is 0 Å². The van der Waals surface area contributed by atoms with Crippen molar-refractivity contribution in [3.8, 4) is 5.75 Å². The van der Waals surface area contributed by atoms with Gasteiger partial charge in [-0.3, -0.25) is 4.79 Å². The lowest BCUT2D eigenvalue weighted by Gasteiger charge is -2.12. The van der Waals surface area contributed by atoms with Gasteiger partial charge in [-0.05, 0) is 32.9 Å². The van der Waals surface area contributed by atoms with Crippen LogP contribution in [0.2, 0.25) is 0 Å². The molecule has 0 aliphatic rings. The highest BCUT2D eigenvalue weighted by Gasteiger charge is 2.07. The molecule has 0 heterocycles. The molecule has 0 aliphatic heterocycles. The van der Waals surface area contributed by atoms with Gasteiger partial charge < -0.3 is 15.8 Å². The molecule has 16 heavy (non-hydrogen) atoms. The van der Waals surface area contributed by atoms with E-state index in [2.05, 4.69) is 5.32 Å². The van der Waals surface area contributed by atoms with E-state index in [0.717, 1.165) is 5.75 Å². The number of nitrogens with one attached hydrogen (secondary N) is 1. The number of benzene rings is 1. The normalized spacial score (nSPS) is 12.3. The number of carbonyl (C=O) groups excluding carboxylic acids is 1. The third-order valence-corrected chi connectivity index (χ3v) is 1.89. The Labute approximate surface area is 95.8 Å². The molecule has 1 rings (SSSR count). The number of nitrogens with two attached hydrogens (primary N) is 1. The Bertz CT molecular complexity index is 362. The maximum absolute atomic E-state index is 11.4. The second kappa shape index (κ2) is 5.51. The highest BCUT2D eigenvalue weighted by molar-refractivity contribution is 5.94. The van der Waals surface area contributed by atoms with Crippen LogP contribution in [0.25, 0.3) is 0 Å². The highest BCUT2D eigenvalue weighted by atomic mass is 16.5. The number of hydrogen-bond donors (Lipinski definition) is 2. The van der Waals surface area contributed by atoms with Crippen LogP contribution in [0.5, 0.6) is 5.75 Å². The van der Waals surface area contributed by atoms with Gasteiger partial charge in [0.2, 0.25) is 5.91 Å². The van der Waals surface area contributed by atoms with Crippen LogP contribution in [0.3, 0.4) is 0 Å². The molecule has 4 nitrogen and oxygen atoms in total. The lowest BCUT2D eigenvalue weighted by atomic mass is 10.2. The summed E-state index contributed by atoms with van der Waals surface area (Å²) in [6.45, 7) is 5.55. The summed E-state index contributed by atoms with van der Waals surface area (Å²) in [4.78, 5) is 11.4. The minimum absolute atomic E-state index is 0.111. The van der Waals surface area contributed by atoms with Gasteiger partial charge in [0, 0.05) is 11.8 Å². The second-order valence-electron chi connectivity index (χ2n) is 3.97. The van der Waals surface area contributed by atoms with E-state index in [1.165, 1.54) is 0 Å². The second-order valence-corrected chi connectivity index (χ2v) is 3.97. The zero-order valence-electron chi connectivity index (χ0n) is 9.86. The average molecular weight is 222 g/mol. The fourth-order valence-corrected chi connectivity index (χ4v) is 1.18. The zero-order chi connectivity index (χ0) is 12.1. The van der Waals surface area contributed by atoms with Crippen molar-refractivity contribution in [3.63, 3.8) is 0 Å². The standard InChI is InChI=1S/C12H18N2O2/c1-8(2)16-11-6-4-5-10(7-11)14-12(15)9(3)13/h4-9H,13H2,1-3H3,(H,14,15). The SMILES string of the molecule is CC(C)Oc1cccc(NC(=O)C(C)N)c1. The molecule has 0 saturated heterocycles. The quantitative estimate of drug-likeness (QED) is 0.815. The summed E-state index contributed by atoms with van der Waals surface area (Å²) in [5.74, 6) is 0.527. The number of hydrogen-bond acceptors (Lipinski definition) is 3. The Balaban J connectivity index is 2.71. The Morgan fingerprint density at radius 1 is 1.38 bits per heavy atom. The predicted octanol–water partition coefficient (Wildman–Crippen LogP) is 1.76. The van der Waals surface area contributed by atoms with Gasteiger partial charge in [-0.2, -0.15) is 0 Å². The maximum Gasteiger partial charge on any atom is 0.241 e. The molecule has 0 saturated carbocycles. The van der Waals surface area contributed by atoms with E-state index < -0.39 is 6.04 Å². The van der Waals surface area contributed by atoms with Crippen LogP contribution in [-0.2, 0) is 4.79 Å². The van der Waals surface area contributed by atoms with Crippen molar-refractivity contribution in [1.82, 2.24) is 0 Å². The maximum atomic E-state index is 11.4. The van der Waals surface area contributed by atoms with Gasteiger partial charge >= 0.3 is 0 Å². The van der Waals surface area contributed by atoms with Gasteiger partial charge in [-0.15, -0.1) is 0 Å². The van der Waals surface area contributed by atoms with Crippen molar-refractivity contribution in [2.24, 2.45) is 5.73 Å². The van der Waals surface area contributed by atoms with Gasteiger partial charge in [0.25, 0.3) is 0 Å². The largest absolute Gasteiger partial charge is 0.491 e. The Hall–Kier alpha value is -1.55. The predicted molar refractivity (Wildman–Crippen MR) is 64.5 cm³/mol. The molecule has 0 spiro atoms. The van der Waals surface area contributed by atoms with Crippen LogP contribution in [0.4, 0.5) is 5.69 Å². The highest BCUT2D eigenvalue weighted by Crippen LogP contribution is 2.18. The summed E-state index contributed by atoms with van der Waals surface area (Å²) in [5, 5.41) is 2.71. The van der Waals surface area contributed by atoms with Crippen molar-refractivity contribution < 1.29 is 9.53 Å². The fraction of sp³-hybridized carbons (Fsp3) is 0.417. The Kier molecular flexibility index (Phi) is 4.31. The van der Waals surface area contributed by atoms with Gasteiger partial charge in [0.1, 0.15) is 5.75 Å². The molecule has 0 radical (unpaired) electrons. The van der Waals surface area contributed by atoms with Gasteiger partial charge in [0.05, 0.1) is 12.1 Å². The summed E-state index contributed by atoms with van der Waals surface area (Å²) in [7, 11) is 0. The first kappa shape index (κ1) is 12.5. The van der Waals surface area contributed by atoms with Crippen LogP contribution < -0.4 is 15.8 Å². The minimum Gasteiger partial charge on any atom is -0.491 e. The van der Waals surface area contributed by atoms with Gasteiger partial charge in [-0.25, -0.2) is 0 Å². The molecule has 0 fully saturated rings. The summed E-state index contributed by atoms with van der Waals surface area (Å²) in [5.41, 5.74) is 6.15. The summed E-state index contributed by atoms with van der Waals surface area (Å²) in [6, 6.07) is 6.73. The number of anilines is 1. The molecule has 1 atom stereocenters. The van der Waals surface area contributed by atoms with Crippen molar-refractivity contribution in [1.29, 1.82) is 0 Å². The fourth-order valence-electron chi connectivity index (χ4n) is 1.18. The Morgan fingerprint density at radius 3 is 2.62 bits per heavy atom. The molecule has 3 N–H and O–H groups in total. The van der Waals surface area contributed by atoms with Crippen LogP contribution in [0, 0.1) is 0 Å². The van der Waals surface area contributed by atoms with E-state index in [1.807, 2.05) is 26.0 Å². The molecule has 1 unspecified atom stereocenters. The molecule has 1 aromatic carbocycles. The molecule has 0 aliphatic carbocycles. The lowest BCUT2D eigenvalue weighted by Crippen LogP contribution is -2.32. The summed E-state index contributed by atoms with van der Waals surface area (Å²) >= 11 is 0. The average Bonchev–Trinajstić information content (AvgIpc) is 2.16. The first-order chi connectivity index (χ1) is 7.49.